The smallest absolute Gasteiger partial charge is 0.355 e. The number of carbonyl (C=O) groups is 2. The van der Waals surface area contributed by atoms with Crippen LogP contribution in [0.1, 0.15) is 17.3 Å². The van der Waals surface area contributed by atoms with Gasteiger partial charge in [0.1, 0.15) is 11.5 Å². The normalized spacial score (nSPS) is 11.6. The number of Topliss-reactive ketones (excluding diaryl/α,β-unsaturated/α-hetero) is 1. The Balaban J connectivity index is 1.84. The van der Waals surface area contributed by atoms with Gasteiger partial charge in [0, 0.05) is 10.7 Å². The lowest BCUT2D eigenvalue weighted by atomic mass is 10.1. The molecule has 8 heteroatoms. The van der Waals surface area contributed by atoms with E-state index in [0.29, 0.717) is 11.5 Å². The van der Waals surface area contributed by atoms with Gasteiger partial charge in [-0.15, -0.1) is 0 Å². The van der Waals surface area contributed by atoms with Crippen LogP contribution in [0.15, 0.2) is 65.4 Å². The topological polar surface area (TPSA) is 79.7 Å². The molecule has 3 aromatic rings. The van der Waals surface area contributed by atoms with E-state index in [2.05, 4.69) is 21.0 Å². The average Bonchev–Trinajstić information content (AvgIpc) is 3.23. The second kappa shape index (κ2) is 9.38. The zero-order chi connectivity index (χ0) is 20.8. The van der Waals surface area contributed by atoms with Crippen LogP contribution in [0, 0.1) is 0 Å². The molecule has 0 bridgehead atoms. The van der Waals surface area contributed by atoms with Crippen molar-refractivity contribution in [3.8, 4) is 17.2 Å². The van der Waals surface area contributed by atoms with Crippen LogP contribution in [-0.4, -0.2) is 41.4 Å². The summed E-state index contributed by atoms with van der Waals surface area (Å²) < 4.78 is 18.2. The molecule has 1 atom stereocenters. The molecule has 0 saturated heterocycles. The zero-order valence-electron chi connectivity index (χ0n) is 15.9. The monoisotopic (exact) mass is 458 g/mol. The minimum Gasteiger partial charge on any atom is -0.497 e. The van der Waals surface area contributed by atoms with Gasteiger partial charge in [0.15, 0.2) is 0 Å². The molecular weight excluding hydrogens is 440 g/mol. The van der Waals surface area contributed by atoms with Gasteiger partial charge in [0.05, 0.1) is 31.2 Å². The summed E-state index contributed by atoms with van der Waals surface area (Å²) in [4.78, 5) is 25.3. The Bertz CT molecular complexity index is 983. The summed E-state index contributed by atoms with van der Waals surface area (Å²) in [5.41, 5.74) is 0.974. The Hall–Kier alpha value is -3.13. The van der Waals surface area contributed by atoms with Crippen LogP contribution in [0.5, 0.6) is 11.5 Å². The molecule has 0 radical (unpaired) electrons. The largest absolute Gasteiger partial charge is 0.497 e. The summed E-state index contributed by atoms with van der Waals surface area (Å²) >= 11 is 3.33. The molecule has 2 aromatic carbocycles. The van der Waals surface area contributed by atoms with Gasteiger partial charge in [0.25, 0.3) is 6.10 Å². The van der Waals surface area contributed by atoms with Crippen LogP contribution in [0.2, 0.25) is 0 Å². The number of esters is 1. The molecule has 150 valence electrons. The van der Waals surface area contributed by atoms with Gasteiger partial charge in [-0.2, -0.15) is 5.10 Å². The van der Waals surface area contributed by atoms with Crippen LogP contribution >= 0.6 is 15.9 Å². The predicted octanol–water partition coefficient (Wildman–Crippen LogP) is 3.84. The second-order valence-corrected chi connectivity index (χ2v) is 6.86. The Labute approximate surface area is 176 Å². The highest BCUT2D eigenvalue weighted by Gasteiger charge is 2.32. The number of nitrogens with zero attached hydrogens (tertiary/aromatic N) is 2. The number of ether oxygens (including phenoxy) is 3. The summed E-state index contributed by atoms with van der Waals surface area (Å²) in [6.07, 6.45) is 1.51. The first-order valence-electron chi connectivity index (χ1n) is 8.84. The summed E-state index contributed by atoms with van der Waals surface area (Å²) in [5, 5.41) is 4.21. The van der Waals surface area contributed by atoms with Gasteiger partial charge in [-0.05, 0) is 55.5 Å². The molecule has 1 heterocycles. The number of carbonyl (C=O) groups excluding carboxylic acids is 2. The number of rotatable bonds is 8. The number of ketones is 1. The van der Waals surface area contributed by atoms with E-state index in [9.17, 15) is 9.59 Å². The van der Waals surface area contributed by atoms with Crippen molar-refractivity contribution >= 4 is 27.7 Å². The fraction of sp³-hybridized carbons (Fsp3) is 0.190. The predicted molar refractivity (Wildman–Crippen MR) is 110 cm³/mol. The fourth-order valence-corrected chi connectivity index (χ4v) is 2.82. The van der Waals surface area contributed by atoms with E-state index < -0.39 is 17.9 Å². The van der Waals surface area contributed by atoms with Gasteiger partial charge in [0.2, 0.25) is 5.78 Å². The van der Waals surface area contributed by atoms with Crippen LogP contribution in [0.4, 0.5) is 0 Å². The van der Waals surface area contributed by atoms with Crippen molar-refractivity contribution in [3.05, 3.63) is 71.0 Å². The minimum absolute atomic E-state index is 0.136. The molecule has 0 amide bonds. The first-order valence-corrected chi connectivity index (χ1v) is 9.63. The van der Waals surface area contributed by atoms with Crippen molar-refractivity contribution in [3.63, 3.8) is 0 Å². The summed E-state index contributed by atoms with van der Waals surface area (Å²) in [6.45, 7) is 1.80. The number of aromatic nitrogens is 2. The number of hydrogen-bond donors (Lipinski definition) is 0. The van der Waals surface area contributed by atoms with Crippen LogP contribution in [0.3, 0.4) is 0 Å². The van der Waals surface area contributed by atoms with E-state index in [1.807, 2.05) is 0 Å². The summed E-state index contributed by atoms with van der Waals surface area (Å²) in [5.74, 6) is -0.201. The van der Waals surface area contributed by atoms with Crippen molar-refractivity contribution in [2.75, 3.05) is 13.7 Å². The van der Waals surface area contributed by atoms with Gasteiger partial charge >= 0.3 is 5.97 Å². The van der Waals surface area contributed by atoms with E-state index >= 15 is 0 Å². The third-order valence-electron chi connectivity index (χ3n) is 4.01. The maximum atomic E-state index is 13.0. The van der Waals surface area contributed by atoms with Gasteiger partial charge in [-0.25, -0.2) is 9.48 Å². The number of methoxy groups -OCH3 is 1. The van der Waals surface area contributed by atoms with E-state index in [4.69, 9.17) is 14.2 Å². The summed E-state index contributed by atoms with van der Waals surface area (Å²) in [6, 6.07) is 14.0. The molecule has 1 unspecified atom stereocenters. The maximum Gasteiger partial charge on any atom is 0.355 e. The Morgan fingerprint density at radius 3 is 2.34 bits per heavy atom. The van der Waals surface area contributed by atoms with Crippen molar-refractivity contribution < 1.29 is 23.8 Å². The first kappa shape index (κ1) is 20.6. The molecule has 0 aliphatic rings. The highest BCUT2D eigenvalue weighted by atomic mass is 79.9. The molecule has 3 rings (SSSR count). The van der Waals surface area contributed by atoms with Gasteiger partial charge in [-0.3, -0.25) is 4.79 Å². The van der Waals surface area contributed by atoms with Gasteiger partial charge < -0.3 is 14.2 Å². The van der Waals surface area contributed by atoms with Crippen molar-refractivity contribution in [2.45, 2.75) is 13.0 Å². The molecule has 0 fully saturated rings. The summed E-state index contributed by atoms with van der Waals surface area (Å²) in [7, 11) is 1.58. The number of halogens is 1. The third kappa shape index (κ3) is 5.03. The average molecular weight is 459 g/mol. The van der Waals surface area contributed by atoms with Crippen LogP contribution in [-0.2, 0) is 9.53 Å². The standard InChI is InChI=1S/C21H19BrN2O5/c1-3-28-21(26)20(29-18-8-4-15(22)5-9-18)19(25)14-12-23-24(13-14)16-6-10-17(27-2)11-7-16/h4-13,20H,3H2,1-2H3. The third-order valence-corrected chi connectivity index (χ3v) is 4.54. The van der Waals surface area contributed by atoms with Crippen molar-refractivity contribution in [1.29, 1.82) is 0 Å². The molecule has 0 aliphatic carbocycles. The van der Waals surface area contributed by atoms with E-state index in [1.54, 1.807) is 68.8 Å². The fourth-order valence-electron chi connectivity index (χ4n) is 2.55. The number of benzene rings is 2. The van der Waals surface area contributed by atoms with E-state index in [0.717, 1.165) is 10.2 Å². The Morgan fingerprint density at radius 2 is 1.72 bits per heavy atom. The van der Waals surface area contributed by atoms with Crippen LogP contribution < -0.4 is 9.47 Å². The lowest BCUT2D eigenvalue weighted by molar-refractivity contribution is -0.149. The van der Waals surface area contributed by atoms with Crippen molar-refractivity contribution in [1.82, 2.24) is 9.78 Å². The molecule has 0 N–H and O–H groups in total. The Kier molecular flexibility index (Phi) is 6.66. The molecule has 29 heavy (non-hydrogen) atoms. The molecule has 1 aromatic heterocycles. The SMILES string of the molecule is CCOC(=O)C(Oc1ccc(Br)cc1)C(=O)c1cnn(-c2ccc(OC)cc2)c1. The van der Waals surface area contributed by atoms with Crippen LogP contribution in [0.25, 0.3) is 5.69 Å². The van der Waals surface area contributed by atoms with E-state index in [1.165, 1.54) is 10.9 Å². The molecule has 7 nitrogen and oxygen atoms in total. The zero-order valence-corrected chi connectivity index (χ0v) is 17.5. The highest BCUT2D eigenvalue weighted by molar-refractivity contribution is 9.10. The lowest BCUT2D eigenvalue weighted by Gasteiger charge is -2.16. The minimum atomic E-state index is -1.43. The highest BCUT2D eigenvalue weighted by Crippen LogP contribution is 2.20. The quantitative estimate of drug-likeness (QED) is 0.290. The molecule has 0 spiro atoms. The molecular formula is C21H19BrN2O5. The first-order chi connectivity index (χ1) is 14.0. The second-order valence-electron chi connectivity index (χ2n) is 5.94. The van der Waals surface area contributed by atoms with Crippen molar-refractivity contribution in [2.24, 2.45) is 0 Å². The maximum absolute atomic E-state index is 13.0. The van der Waals surface area contributed by atoms with Gasteiger partial charge in [-0.1, -0.05) is 15.9 Å². The molecule has 0 saturated carbocycles. The number of hydrogen-bond acceptors (Lipinski definition) is 6. The molecule has 0 aliphatic heterocycles. The lowest BCUT2D eigenvalue weighted by Crippen LogP contribution is -2.37. The van der Waals surface area contributed by atoms with E-state index in [-0.39, 0.29) is 12.2 Å². The Morgan fingerprint density at radius 1 is 1.07 bits per heavy atom.